The number of carbonyl (C=O) groups excluding carboxylic acids is 4. The highest BCUT2D eigenvalue weighted by molar-refractivity contribution is 5.96. The van der Waals surface area contributed by atoms with E-state index < -0.39 is 47.3 Å². The maximum Gasteiger partial charge on any atom is 0.408 e. The molecule has 4 aliphatic rings. The number of carbonyl (C=O) groups is 4. The number of ether oxygens (including phenoxy) is 2. The normalized spacial score (nSPS) is 27.7. The number of alkyl carbamates (subject to hydrolysis) is 1. The van der Waals surface area contributed by atoms with Crippen molar-refractivity contribution in [3.05, 3.63) is 71.8 Å². The maximum absolute atomic E-state index is 14.3. The van der Waals surface area contributed by atoms with Crippen LogP contribution in [0.2, 0.25) is 0 Å². The van der Waals surface area contributed by atoms with Crippen molar-refractivity contribution in [1.82, 2.24) is 21.0 Å². The zero-order chi connectivity index (χ0) is 34.8. The molecular formula is C38H48N4O7. The molecule has 5 atom stereocenters. The summed E-state index contributed by atoms with van der Waals surface area (Å²) in [4.78, 5) is 62.5. The van der Waals surface area contributed by atoms with E-state index in [4.69, 9.17) is 14.3 Å². The number of nitrogens with zero attached hydrogens (tertiary/aromatic N) is 1. The molecule has 3 N–H and O–H groups in total. The Hall–Kier alpha value is -4.22. The average molecular weight is 673 g/mol. The summed E-state index contributed by atoms with van der Waals surface area (Å²) in [6.45, 7) is 7.33. The Bertz CT molecular complexity index is 1560. The zero-order valence-electron chi connectivity index (χ0n) is 28.8. The molecule has 0 bridgehead atoms. The van der Waals surface area contributed by atoms with Gasteiger partial charge in [-0.1, -0.05) is 73.5 Å². The van der Waals surface area contributed by atoms with Crippen LogP contribution in [0.5, 0.6) is 0 Å². The summed E-state index contributed by atoms with van der Waals surface area (Å²) >= 11 is 0. The van der Waals surface area contributed by atoms with Gasteiger partial charge in [0.2, 0.25) is 11.8 Å². The van der Waals surface area contributed by atoms with Gasteiger partial charge in [-0.25, -0.2) is 9.59 Å². The Morgan fingerprint density at radius 1 is 1.00 bits per heavy atom. The molecule has 1 saturated carbocycles. The number of nitrogens with one attached hydrogen (secondary N) is 3. The summed E-state index contributed by atoms with van der Waals surface area (Å²) in [6.07, 6.45) is 7.05. The zero-order valence-corrected chi connectivity index (χ0v) is 28.8. The molecule has 0 aromatic heterocycles. The van der Waals surface area contributed by atoms with Crippen LogP contribution >= 0.6 is 0 Å². The van der Waals surface area contributed by atoms with E-state index in [1.54, 1.807) is 27.7 Å². The van der Waals surface area contributed by atoms with Gasteiger partial charge in [-0.05, 0) is 75.6 Å². The first kappa shape index (κ1) is 34.6. The fourth-order valence-electron chi connectivity index (χ4n) is 7.29. The Morgan fingerprint density at radius 3 is 2.37 bits per heavy atom. The fraction of sp³-hybridized carbons (Fsp3) is 0.526. The summed E-state index contributed by atoms with van der Waals surface area (Å²) in [5, 5.41) is 5.79. The van der Waals surface area contributed by atoms with Crippen molar-refractivity contribution in [2.45, 2.75) is 108 Å². The number of hydrogen-bond donors (Lipinski definition) is 3. The molecule has 2 aromatic rings. The van der Waals surface area contributed by atoms with Crippen molar-refractivity contribution < 1.29 is 33.5 Å². The van der Waals surface area contributed by atoms with Crippen LogP contribution in [-0.4, -0.2) is 71.3 Å². The van der Waals surface area contributed by atoms with E-state index in [9.17, 15) is 19.2 Å². The number of hydrogen-bond acceptors (Lipinski definition) is 8. The van der Waals surface area contributed by atoms with Crippen LogP contribution in [0, 0.1) is 5.92 Å². The van der Waals surface area contributed by atoms with E-state index in [1.807, 2.05) is 30.3 Å². The highest BCUT2D eigenvalue weighted by atomic mass is 16.7. The van der Waals surface area contributed by atoms with E-state index in [2.05, 4.69) is 46.5 Å². The van der Waals surface area contributed by atoms with Crippen molar-refractivity contribution in [2.24, 2.45) is 5.92 Å². The second-order valence-electron chi connectivity index (χ2n) is 14.5. The van der Waals surface area contributed by atoms with Gasteiger partial charge < -0.3 is 25.0 Å². The molecule has 2 fully saturated rings. The minimum atomic E-state index is -1.18. The van der Waals surface area contributed by atoms with Crippen LogP contribution < -0.4 is 16.1 Å². The number of benzene rings is 2. The molecule has 11 heteroatoms. The first-order valence-electron chi connectivity index (χ1n) is 17.6. The first-order valence-corrected chi connectivity index (χ1v) is 17.6. The maximum atomic E-state index is 14.3. The van der Waals surface area contributed by atoms with Crippen molar-refractivity contribution in [3.8, 4) is 11.1 Å². The van der Waals surface area contributed by atoms with Crippen LogP contribution in [0.1, 0.15) is 89.8 Å². The van der Waals surface area contributed by atoms with Gasteiger partial charge in [0.15, 0.2) is 0 Å². The van der Waals surface area contributed by atoms with E-state index in [1.165, 1.54) is 4.90 Å². The Balaban J connectivity index is 1.26. The topological polar surface area (TPSA) is 135 Å². The molecule has 2 aliphatic heterocycles. The second-order valence-corrected chi connectivity index (χ2v) is 14.5. The van der Waals surface area contributed by atoms with E-state index >= 15 is 0 Å². The number of allylic oxidation sites excluding steroid dienone is 1. The van der Waals surface area contributed by atoms with Gasteiger partial charge in [-0.3, -0.25) is 14.4 Å². The van der Waals surface area contributed by atoms with Gasteiger partial charge in [0.1, 0.15) is 23.2 Å². The van der Waals surface area contributed by atoms with Gasteiger partial charge in [-0.15, -0.1) is 0 Å². The molecule has 2 heterocycles. The fourth-order valence-corrected chi connectivity index (χ4v) is 7.29. The van der Waals surface area contributed by atoms with E-state index in [0.717, 1.165) is 41.5 Å². The second kappa shape index (κ2) is 14.3. The van der Waals surface area contributed by atoms with Crippen molar-refractivity contribution in [1.29, 1.82) is 0 Å². The third-order valence-corrected chi connectivity index (χ3v) is 9.76. The smallest absolute Gasteiger partial charge is 0.408 e. The van der Waals surface area contributed by atoms with Gasteiger partial charge in [-0.2, -0.15) is 5.48 Å². The molecule has 2 aromatic carbocycles. The van der Waals surface area contributed by atoms with Crippen molar-refractivity contribution in [3.63, 3.8) is 0 Å². The van der Waals surface area contributed by atoms with Crippen molar-refractivity contribution in [2.75, 3.05) is 13.2 Å². The van der Waals surface area contributed by atoms with Crippen LogP contribution in [-0.2, 0) is 28.7 Å². The molecule has 262 valence electrons. The highest BCUT2D eigenvalue weighted by Gasteiger charge is 2.62. The summed E-state index contributed by atoms with van der Waals surface area (Å²) in [5.41, 5.74) is 5.74. The van der Waals surface area contributed by atoms with Gasteiger partial charge in [0, 0.05) is 18.9 Å². The van der Waals surface area contributed by atoms with Crippen LogP contribution in [0.3, 0.4) is 0 Å². The minimum Gasteiger partial charge on any atom is -0.464 e. The van der Waals surface area contributed by atoms with Crippen LogP contribution in [0.25, 0.3) is 11.1 Å². The Kier molecular flexibility index (Phi) is 10.1. The lowest BCUT2D eigenvalue weighted by Crippen LogP contribution is -2.56. The number of hydroxylamine groups is 1. The monoisotopic (exact) mass is 672 g/mol. The Labute approximate surface area is 288 Å². The quantitative estimate of drug-likeness (QED) is 0.219. The minimum absolute atomic E-state index is 0.113. The molecular weight excluding hydrogens is 624 g/mol. The first-order chi connectivity index (χ1) is 23.5. The average Bonchev–Trinajstić information content (AvgIpc) is 3.42. The van der Waals surface area contributed by atoms with Crippen LogP contribution in [0.4, 0.5) is 4.79 Å². The van der Waals surface area contributed by atoms with Gasteiger partial charge in [0.05, 0.1) is 18.8 Å². The lowest BCUT2D eigenvalue weighted by atomic mass is 10.0. The largest absolute Gasteiger partial charge is 0.464 e. The number of fused-ring (bicyclic) bond motifs is 5. The summed E-state index contributed by atoms with van der Waals surface area (Å²) in [6, 6.07) is 14.2. The molecule has 6 rings (SSSR count). The molecule has 0 radical (unpaired) electrons. The molecule has 0 unspecified atom stereocenters. The number of esters is 1. The number of amides is 3. The lowest BCUT2D eigenvalue weighted by molar-refractivity contribution is -0.150. The number of rotatable bonds is 6. The lowest BCUT2D eigenvalue weighted by Gasteiger charge is -2.30. The van der Waals surface area contributed by atoms with Crippen molar-refractivity contribution >= 4 is 23.9 Å². The van der Waals surface area contributed by atoms with Gasteiger partial charge >= 0.3 is 12.1 Å². The van der Waals surface area contributed by atoms with E-state index in [-0.39, 0.29) is 37.4 Å². The molecule has 3 amide bonds. The highest BCUT2D eigenvalue weighted by Crippen LogP contribution is 2.46. The third kappa shape index (κ3) is 7.52. The SMILES string of the molecule is CCOC(=O)[C@@]12C[C@H]1/C=C\CCCCC[C@H](NC(=O)OC(C)(C)C)C(=O)N1C[C@H](ONC3c4ccccc4-c4ccccc43)C[C@H]1C(=O)N2. The predicted molar refractivity (Wildman–Crippen MR) is 183 cm³/mol. The molecule has 11 nitrogen and oxygen atoms in total. The summed E-state index contributed by atoms with van der Waals surface area (Å²) < 4.78 is 10.9. The third-order valence-electron chi connectivity index (χ3n) is 9.76. The summed E-state index contributed by atoms with van der Waals surface area (Å²) in [5.74, 6) is -1.51. The standard InChI is InChI=1S/C38H48N4O7/c1-5-47-35(45)38-22-24(38)15-9-7-6-8-10-20-30(39-36(46)48-37(2,3)4)34(44)42-23-25(21-31(42)33(43)40-38)49-41-32-28-18-13-11-16-26(28)27-17-12-14-19-29(27)32/h9,11-19,24-25,30-32,41H,5-8,10,20-23H2,1-4H3,(H,39,46)(H,40,43)/b15-9-/t24-,25-,30+,31+,38-/m1/s1. The predicted octanol–water partition coefficient (Wildman–Crippen LogP) is 5.10. The summed E-state index contributed by atoms with van der Waals surface area (Å²) in [7, 11) is 0. The molecule has 49 heavy (non-hydrogen) atoms. The molecule has 1 saturated heterocycles. The Morgan fingerprint density at radius 2 is 1.69 bits per heavy atom. The van der Waals surface area contributed by atoms with E-state index in [0.29, 0.717) is 19.3 Å². The molecule has 2 aliphatic carbocycles. The van der Waals surface area contributed by atoms with Crippen LogP contribution in [0.15, 0.2) is 60.7 Å². The van der Waals surface area contributed by atoms with Gasteiger partial charge in [0.25, 0.3) is 0 Å². The molecule has 0 spiro atoms.